The molecule has 0 saturated carbocycles. The standard InChI is InChI=1S/C2H6ClO2P/c3-1-2-6(4)5/h6H,1-2H2,(H,4,5). The van der Waals surface area contributed by atoms with E-state index in [1.807, 2.05) is 0 Å². The summed E-state index contributed by atoms with van der Waals surface area (Å²) in [4.78, 5) is 8.01. The van der Waals surface area contributed by atoms with E-state index in [-0.39, 0.29) is 12.0 Å². The Balaban J connectivity index is 2.83. The molecule has 0 aromatic rings. The van der Waals surface area contributed by atoms with Crippen LogP contribution >= 0.6 is 19.6 Å². The maximum Gasteiger partial charge on any atom is 0.190 e. The summed E-state index contributed by atoms with van der Waals surface area (Å²) in [5.41, 5.74) is 0. The minimum absolute atomic E-state index is 0.242. The zero-order valence-corrected chi connectivity index (χ0v) is 4.90. The predicted molar refractivity (Wildman–Crippen MR) is 26.8 cm³/mol. The van der Waals surface area contributed by atoms with Gasteiger partial charge in [-0.05, 0) is 0 Å². The molecule has 1 unspecified atom stereocenters. The van der Waals surface area contributed by atoms with Crippen LogP contribution in [0.1, 0.15) is 0 Å². The van der Waals surface area contributed by atoms with E-state index < -0.39 is 8.03 Å². The van der Waals surface area contributed by atoms with E-state index in [9.17, 15) is 4.57 Å². The van der Waals surface area contributed by atoms with E-state index in [2.05, 4.69) is 0 Å². The molecule has 1 N–H and O–H groups in total. The van der Waals surface area contributed by atoms with Crippen LogP contribution in [0.15, 0.2) is 0 Å². The summed E-state index contributed by atoms with van der Waals surface area (Å²) in [6.45, 7) is 0. The average Bonchev–Trinajstić information content (AvgIpc) is 1.35. The van der Waals surface area contributed by atoms with Gasteiger partial charge in [0.25, 0.3) is 0 Å². The summed E-state index contributed by atoms with van der Waals surface area (Å²) >= 11 is 5.06. The highest BCUT2D eigenvalue weighted by Crippen LogP contribution is 2.10. The zero-order chi connectivity index (χ0) is 4.99. The van der Waals surface area contributed by atoms with Gasteiger partial charge >= 0.3 is 0 Å². The molecule has 0 rings (SSSR count). The van der Waals surface area contributed by atoms with E-state index >= 15 is 0 Å². The minimum atomic E-state index is -2.27. The average molecular weight is 128 g/mol. The molecule has 0 amide bonds. The lowest BCUT2D eigenvalue weighted by Gasteiger charge is -1.80. The summed E-state index contributed by atoms with van der Waals surface area (Å²) in [6.07, 6.45) is 0.242. The lowest BCUT2D eigenvalue weighted by Crippen LogP contribution is -1.73. The van der Waals surface area contributed by atoms with Gasteiger partial charge in [-0.25, -0.2) is 0 Å². The SMILES string of the molecule is O=[PH](O)CCCl. The Hall–Kier alpha value is 0.480. The summed E-state index contributed by atoms with van der Waals surface area (Å²) in [5.74, 6) is 0.286. The van der Waals surface area contributed by atoms with Crippen molar-refractivity contribution >= 4 is 19.6 Å². The van der Waals surface area contributed by atoms with E-state index in [4.69, 9.17) is 16.5 Å². The molecule has 0 aromatic carbocycles. The van der Waals surface area contributed by atoms with Crippen LogP contribution in [0.5, 0.6) is 0 Å². The van der Waals surface area contributed by atoms with Gasteiger partial charge in [0.2, 0.25) is 0 Å². The van der Waals surface area contributed by atoms with Gasteiger partial charge < -0.3 is 4.89 Å². The van der Waals surface area contributed by atoms with Crippen LogP contribution in [0.2, 0.25) is 0 Å². The summed E-state index contributed by atoms with van der Waals surface area (Å²) in [5, 5.41) is 0. The van der Waals surface area contributed by atoms with E-state index in [0.717, 1.165) is 0 Å². The summed E-state index contributed by atoms with van der Waals surface area (Å²) < 4.78 is 9.70. The van der Waals surface area contributed by atoms with Crippen LogP contribution in [-0.4, -0.2) is 16.9 Å². The number of hydrogen-bond acceptors (Lipinski definition) is 1. The Kier molecular flexibility index (Phi) is 3.96. The molecule has 4 heteroatoms. The molecule has 0 fully saturated rings. The molecule has 0 aromatic heterocycles. The Bertz CT molecular complexity index is 55.5. The fraction of sp³-hybridized carbons (Fsp3) is 1.00. The molecule has 0 aliphatic carbocycles. The molecule has 0 saturated heterocycles. The number of halogens is 1. The maximum atomic E-state index is 9.70. The van der Waals surface area contributed by atoms with Crippen molar-refractivity contribution in [2.45, 2.75) is 0 Å². The third kappa shape index (κ3) is 4.48. The van der Waals surface area contributed by atoms with Crippen LogP contribution in [0.4, 0.5) is 0 Å². The fourth-order valence-corrected chi connectivity index (χ4v) is 0.728. The molecule has 2 nitrogen and oxygen atoms in total. The number of hydrogen-bond donors (Lipinski definition) is 1. The highest BCUT2D eigenvalue weighted by Gasteiger charge is 1.84. The molecule has 1 atom stereocenters. The Morgan fingerprint density at radius 3 is 2.33 bits per heavy atom. The lowest BCUT2D eigenvalue weighted by molar-refractivity contribution is 0.504. The van der Waals surface area contributed by atoms with Gasteiger partial charge in [0.15, 0.2) is 8.03 Å². The smallest absolute Gasteiger partial charge is 0.190 e. The molecule has 6 heavy (non-hydrogen) atoms. The van der Waals surface area contributed by atoms with Gasteiger partial charge in [0.05, 0.1) is 0 Å². The normalized spacial score (nSPS) is 14.3. The van der Waals surface area contributed by atoms with Crippen molar-refractivity contribution in [1.29, 1.82) is 0 Å². The van der Waals surface area contributed by atoms with Crippen molar-refractivity contribution in [3.05, 3.63) is 0 Å². The Morgan fingerprint density at radius 2 is 2.33 bits per heavy atom. The van der Waals surface area contributed by atoms with E-state index in [0.29, 0.717) is 0 Å². The monoisotopic (exact) mass is 128 g/mol. The topological polar surface area (TPSA) is 37.3 Å². The number of alkyl halides is 1. The highest BCUT2D eigenvalue weighted by atomic mass is 35.5. The van der Waals surface area contributed by atoms with Crippen LogP contribution in [-0.2, 0) is 4.57 Å². The number of rotatable bonds is 2. The zero-order valence-electron chi connectivity index (χ0n) is 3.15. The first-order chi connectivity index (χ1) is 2.77. The van der Waals surface area contributed by atoms with Crippen molar-refractivity contribution < 1.29 is 9.46 Å². The second-order valence-electron chi connectivity index (χ2n) is 0.833. The first-order valence-electron chi connectivity index (χ1n) is 1.55. The first-order valence-corrected chi connectivity index (χ1v) is 3.65. The molecule has 0 heterocycles. The second-order valence-corrected chi connectivity index (χ2v) is 2.50. The molecular formula is C2H6ClO2P. The van der Waals surface area contributed by atoms with Crippen LogP contribution < -0.4 is 0 Å². The molecular weight excluding hydrogens is 122 g/mol. The molecule has 0 aliphatic heterocycles. The fourth-order valence-electron chi connectivity index (χ4n) is 0.0808. The van der Waals surface area contributed by atoms with Gasteiger partial charge in [-0.3, -0.25) is 4.57 Å². The molecule has 0 radical (unpaired) electrons. The first kappa shape index (κ1) is 6.48. The lowest BCUT2D eigenvalue weighted by atomic mass is 11.0. The molecule has 0 spiro atoms. The minimum Gasteiger partial charge on any atom is -0.346 e. The molecule has 0 aliphatic rings. The Morgan fingerprint density at radius 1 is 1.83 bits per heavy atom. The third-order valence-corrected chi connectivity index (χ3v) is 1.49. The van der Waals surface area contributed by atoms with Crippen LogP contribution in [0.25, 0.3) is 0 Å². The quantitative estimate of drug-likeness (QED) is 0.439. The predicted octanol–water partition coefficient (Wildman–Crippen LogP) is 0.692. The van der Waals surface area contributed by atoms with Crippen molar-refractivity contribution in [3.8, 4) is 0 Å². The van der Waals surface area contributed by atoms with Crippen molar-refractivity contribution in [2.75, 3.05) is 12.0 Å². The van der Waals surface area contributed by atoms with E-state index in [1.54, 1.807) is 0 Å². The van der Waals surface area contributed by atoms with E-state index in [1.165, 1.54) is 0 Å². The maximum absolute atomic E-state index is 9.70. The van der Waals surface area contributed by atoms with Crippen molar-refractivity contribution in [1.82, 2.24) is 0 Å². The highest BCUT2D eigenvalue weighted by molar-refractivity contribution is 7.38. The van der Waals surface area contributed by atoms with Gasteiger partial charge in [-0.15, -0.1) is 11.6 Å². The van der Waals surface area contributed by atoms with Crippen molar-refractivity contribution in [2.24, 2.45) is 0 Å². The van der Waals surface area contributed by atoms with Crippen molar-refractivity contribution in [3.63, 3.8) is 0 Å². The third-order valence-electron chi connectivity index (χ3n) is 0.308. The van der Waals surface area contributed by atoms with Gasteiger partial charge in [0.1, 0.15) is 0 Å². The van der Waals surface area contributed by atoms with Gasteiger partial charge in [0, 0.05) is 12.0 Å². The van der Waals surface area contributed by atoms with Gasteiger partial charge in [-0.2, -0.15) is 0 Å². The van der Waals surface area contributed by atoms with Crippen LogP contribution in [0, 0.1) is 0 Å². The van der Waals surface area contributed by atoms with Crippen LogP contribution in [0.3, 0.4) is 0 Å². The van der Waals surface area contributed by atoms with Gasteiger partial charge in [-0.1, -0.05) is 0 Å². The summed E-state index contributed by atoms with van der Waals surface area (Å²) in [7, 11) is -2.27. The molecule has 0 bridgehead atoms. The summed E-state index contributed by atoms with van der Waals surface area (Å²) in [6, 6.07) is 0. The Labute approximate surface area is 42.0 Å². The molecule has 38 valence electrons. The second kappa shape index (κ2) is 3.66. The largest absolute Gasteiger partial charge is 0.346 e.